The van der Waals surface area contributed by atoms with Gasteiger partial charge in [0.2, 0.25) is 5.91 Å². The number of nitrogens with zero attached hydrogens (tertiary/aromatic N) is 3. The fourth-order valence-corrected chi connectivity index (χ4v) is 4.53. The molecule has 176 valence electrons. The summed E-state index contributed by atoms with van der Waals surface area (Å²) in [7, 11) is 0. The number of rotatable bonds is 5. The molecule has 7 nitrogen and oxygen atoms in total. The lowest BCUT2D eigenvalue weighted by molar-refractivity contribution is -0.121. The average Bonchev–Trinajstić information content (AvgIpc) is 3.57. The molecule has 0 atom stereocenters. The van der Waals surface area contributed by atoms with Crippen molar-refractivity contribution in [3.8, 4) is 0 Å². The van der Waals surface area contributed by atoms with E-state index >= 15 is 0 Å². The van der Waals surface area contributed by atoms with E-state index in [2.05, 4.69) is 27.2 Å². The number of nitrogens with one attached hydrogen (secondary N) is 1. The van der Waals surface area contributed by atoms with Crippen LogP contribution in [0.25, 0.3) is 0 Å². The first-order valence-electron chi connectivity index (χ1n) is 12.1. The summed E-state index contributed by atoms with van der Waals surface area (Å²) in [5, 5.41) is 3.11. The minimum absolute atomic E-state index is 0.0419. The number of hydrogen-bond acceptors (Lipinski definition) is 5. The second-order valence-corrected chi connectivity index (χ2v) is 10.5. The summed E-state index contributed by atoms with van der Waals surface area (Å²) in [5.41, 5.74) is 1.52. The average molecular weight is 443 g/mol. The molecule has 1 N–H and O–H groups in total. The Labute approximate surface area is 192 Å². The van der Waals surface area contributed by atoms with Crippen molar-refractivity contribution in [3.05, 3.63) is 24.3 Å². The van der Waals surface area contributed by atoms with Gasteiger partial charge in [0.1, 0.15) is 5.60 Å². The molecular weight excluding hydrogens is 404 g/mol. The number of piperazine rings is 1. The Hall–Kier alpha value is -2.28. The molecule has 2 aliphatic heterocycles. The SMILES string of the molecule is CC(C)(C)OC(=O)N1CCC(C(=O)Nc2cccc(N3CCN(CC4CC4)CC3)c2)CC1. The molecule has 0 bridgehead atoms. The van der Waals surface area contributed by atoms with E-state index in [1.807, 2.05) is 32.9 Å². The number of amides is 2. The summed E-state index contributed by atoms with van der Waals surface area (Å²) < 4.78 is 5.45. The van der Waals surface area contributed by atoms with E-state index in [1.54, 1.807) is 4.90 Å². The lowest BCUT2D eigenvalue weighted by atomic mass is 9.96. The van der Waals surface area contributed by atoms with Crippen molar-refractivity contribution in [2.45, 2.75) is 52.1 Å². The van der Waals surface area contributed by atoms with Gasteiger partial charge in [0.05, 0.1) is 0 Å². The molecule has 0 radical (unpaired) electrons. The zero-order valence-corrected chi connectivity index (χ0v) is 19.8. The van der Waals surface area contributed by atoms with Crippen LogP contribution in [0.3, 0.4) is 0 Å². The van der Waals surface area contributed by atoms with Gasteiger partial charge in [-0.3, -0.25) is 9.69 Å². The van der Waals surface area contributed by atoms with Gasteiger partial charge in [-0.05, 0) is 70.6 Å². The largest absolute Gasteiger partial charge is 0.444 e. The maximum absolute atomic E-state index is 12.8. The van der Waals surface area contributed by atoms with Crippen LogP contribution in [0.1, 0.15) is 46.5 Å². The van der Waals surface area contributed by atoms with Gasteiger partial charge >= 0.3 is 6.09 Å². The van der Waals surface area contributed by atoms with E-state index in [0.717, 1.165) is 37.8 Å². The van der Waals surface area contributed by atoms with Crippen LogP contribution in [0.4, 0.5) is 16.2 Å². The third-order valence-electron chi connectivity index (χ3n) is 6.58. The van der Waals surface area contributed by atoms with E-state index in [9.17, 15) is 9.59 Å². The number of carbonyl (C=O) groups is 2. The van der Waals surface area contributed by atoms with Crippen molar-refractivity contribution in [2.24, 2.45) is 11.8 Å². The number of ether oxygens (including phenoxy) is 1. The monoisotopic (exact) mass is 442 g/mol. The van der Waals surface area contributed by atoms with Crippen LogP contribution in [0.5, 0.6) is 0 Å². The molecular formula is C25H38N4O3. The molecule has 2 amide bonds. The molecule has 3 aliphatic rings. The van der Waals surface area contributed by atoms with Gasteiger partial charge in [-0.15, -0.1) is 0 Å². The van der Waals surface area contributed by atoms with E-state index in [0.29, 0.717) is 25.9 Å². The molecule has 1 aromatic rings. The van der Waals surface area contributed by atoms with Crippen molar-refractivity contribution in [2.75, 3.05) is 56.0 Å². The molecule has 4 rings (SSSR count). The highest BCUT2D eigenvalue weighted by Crippen LogP contribution is 2.30. The molecule has 2 heterocycles. The molecule has 1 saturated carbocycles. The second-order valence-electron chi connectivity index (χ2n) is 10.5. The first-order chi connectivity index (χ1) is 15.3. The number of benzene rings is 1. The van der Waals surface area contributed by atoms with Gasteiger partial charge < -0.3 is 19.9 Å². The molecule has 32 heavy (non-hydrogen) atoms. The molecule has 0 aromatic heterocycles. The van der Waals surface area contributed by atoms with E-state index in [4.69, 9.17) is 4.74 Å². The molecule has 0 spiro atoms. The number of anilines is 2. The van der Waals surface area contributed by atoms with Crippen LogP contribution in [-0.2, 0) is 9.53 Å². The van der Waals surface area contributed by atoms with E-state index in [-0.39, 0.29) is 17.9 Å². The number of carbonyl (C=O) groups excluding carboxylic acids is 2. The van der Waals surface area contributed by atoms with Crippen LogP contribution >= 0.6 is 0 Å². The maximum Gasteiger partial charge on any atom is 0.410 e. The van der Waals surface area contributed by atoms with Crippen molar-refractivity contribution in [1.82, 2.24) is 9.80 Å². The third kappa shape index (κ3) is 6.37. The molecule has 3 fully saturated rings. The lowest BCUT2D eigenvalue weighted by Gasteiger charge is -2.36. The summed E-state index contributed by atoms with van der Waals surface area (Å²) in [6.07, 6.45) is 3.84. The van der Waals surface area contributed by atoms with Crippen molar-refractivity contribution in [3.63, 3.8) is 0 Å². The molecule has 0 unspecified atom stereocenters. The molecule has 2 saturated heterocycles. The summed E-state index contributed by atoms with van der Waals surface area (Å²) in [6, 6.07) is 8.20. The predicted octanol–water partition coefficient (Wildman–Crippen LogP) is 3.80. The minimum atomic E-state index is -0.500. The Morgan fingerprint density at radius 1 is 1.00 bits per heavy atom. The molecule has 1 aromatic carbocycles. The number of piperidine rings is 1. The Morgan fingerprint density at radius 2 is 1.69 bits per heavy atom. The third-order valence-corrected chi connectivity index (χ3v) is 6.58. The first-order valence-corrected chi connectivity index (χ1v) is 12.1. The fourth-order valence-electron chi connectivity index (χ4n) is 4.53. The lowest BCUT2D eigenvalue weighted by Crippen LogP contribution is -2.47. The van der Waals surface area contributed by atoms with Crippen LogP contribution in [0, 0.1) is 11.8 Å². The Morgan fingerprint density at radius 3 is 2.31 bits per heavy atom. The van der Waals surface area contributed by atoms with Crippen LogP contribution in [0.2, 0.25) is 0 Å². The van der Waals surface area contributed by atoms with Gasteiger partial charge in [-0.2, -0.15) is 0 Å². The van der Waals surface area contributed by atoms with E-state index < -0.39 is 5.60 Å². The zero-order chi connectivity index (χ0) is 22.7. The van der Waals surface area contributed by atoms with E-state index in [1.165, 1.54) is 25.1 Å². The highest BCUT2D eigenvalue weighted by atomic mass is 16.6. The van der Waals surface area contributed by atoms with Crippen molar-refractivity contribution < 1.29 is 14.3 Å². The Kier molecular flexibility index (Phi) is 6.93. The second kappa shape index (κ2) is 9.69. The summed E-state index contributed by atoms with van der Waals surface area (Å²) in [4.78, 5) is 31.8. The minimum Gasteiger partial charge on any atom is -0.444 e. The van der Waals surface area contributed by atoms with Crippen molar-refractivity contribution in [1.29, 1.82) is 0 Å². The van der Waals surface area contributed by atoms with Crippen molar-refractivity contribution >= 4 is 23.4 Å². The quantitative estimate of drug-likeness (QED) is 0.751. The summed E-state index contributed by atoms with van der Waals surface area (Å²) in [5.74, 6) is 0.902. The van der Waals surface area contributed by atoms with Gasteiger partial charge in [-0.1, -0.05) is 6.07 Å². The van der Waals surface area contributed by atoms with Crippen LogP contribution in [0.15, 0.2) is 24.3 Å². The molecule has 7 heteroatoms. The smallest absolute Gasteiger partial charge is 0.410 e. The maximum atomic E-state index is 12.8. The van der Waals surface area contributed by atoms with Gasteiger partial charge in [0, 0.05) is 63.1 Å². The number of hydrogen-bond donors (Lipinski definition) is 1. The normalized spacial score (nSPS) is 20.8. The Bertz CT molecular complexity index is 802. The first kappa shape index (κ1) is 22.9. The fraction of sp³-hybridized carbons (Fsp3) is 0.680. The van der Waals surface area contributed by atoms with Crippen LogP contribution < -0.4 is 10.2 Å². The summed E-state index contributed by atoms with van der Waals surface area (Å²) in [6.45, 7) is 12.3. The van der Waals surface area contributed by atoms with Gasteiger partial charge in [0.15, 0.2) is 0 Å². The Balaban J connectivity index is 1.25. The highest BCUT2D eigenvalue weighted by Gasteiger charge is 2.30. The van der Waals surface area contributed by atoms with Gasteiger partial charge in [0.25, 0.3) is 0 Å². The standard InChI is InChI=1S/C25H38N4O3/c1-25(2,3)32-24(31)29-11-9-20(10-12-29)23(30)26-21-5-4-6-22(17-21)28-15-13-27(14-16-28)18-19-7-8-19/h4-6,17,19-20H,7-16,18H2,1-3H3,(H,26,30). The number of likely N-dealkylation sites (tertiary alicyclic amines) is 1. The zero-order valence-electron chi connectivity index (χ0n) is 19.8. The highest BCUT2D eigenvalue weighted by molar-refractivity contribution is 5.93. The molecule has 1 aliphatic carbocycles. The summed E-state index contributed by atoms with van der Waals surface area (Å²) >= 11 is 0. The van der Waals surface area contributed by atoms with Gasteiger partial charge in [-0.25, -0.2) is 4.79 Å². The predicted molar refractivity (Wildman–Crippen MR) is 127 cm³/mol. The van der Waals surface area contributed by atoms with Crippen LogP contribution in [-0.4, -0.2) is 73.2 Å². The topological polar surface area (TPSA) is 65.1 Å².